The van der Waals surface area contributed by atoms with E-state index in [2.05, 4.69) is 15.3 Å². The average Bonchev–Trinajstić information content (AvgIpc) is 3.03. The summed E-state index contributed by atoms with van der Waals surface area (Å²) in [5.41, 5.74) is 1.97. The van der Waals surface area contributed by atoms with Crippen LogP contribution >= 0.6 is 0 Å². The second kappa shape index (κ2) is 7.49. The van der Waals surface area contributed by atoms with E-state index in [9.17, 15) is 4.79 Å². The molecule has 0 radical (unpaired) electrons. The van der Waals surface area contributed by atoms with Gasteiger partial charge >= 0.3 is 0 Å². The second-order valence-electron chi connectivity index (χ2n) is 6.19. The smallest absolute Gasteiger partial charge is 0.254 e. The quantitative estimate of drug-likeness (QED) is 0.911. The number of nitrogens with one attached hydrogen (secondary N) is 1. The number of rotatable bonds is 5. The Hall–Kier alpha value is -2.34. The first-order valence-electron chi connectivity index (χ1n) is 8.29. The number of aromatic nitrogens is 2. The van der Waals surface area contributed by atoms with E-state index in [-0.39, 0.29) is 11.9 Å². The molecule has 1 aromatic heterocycles. The van der Waals surface area contributed by atoms with Crippen molar-refractivity contribution in [2.24, 2.45) is 7.05 Å². The van der Waals surface area contributed by atoms with Crippen molar-refractivity contribution in [1.82, 2.24) is 15.1 Å². The lowest BCUT2D eigenvalue weighted by Gasteiger charge is -2.34. The van der Waals surface area contributed by atoms with Crippen LogP contribution in [0.2, 0.25) is 0 Å². The van der Waals surface area contributed by atoms with Gasteiger partial charge < -0.3 is 15.0 Å². The van der Waals surface area contributed by atoms with Crippen LogP contribution < -0.4 is 10.2 Å². The first-order chi connectivity index (χ1) is 11.7. The van der Waals surface area contributed by atoms with Gasteiger partial charge in [0.05, 0.1) is 11.9 Å². The van der Waals surface area contributed by atoms with Crippen LogP contribution in [0.5, 0.6) is 0 Å². The number of amides is 1. The Morgan fingerprint density at radius 2 is 2.17 bits per heavy atom. The highest BCUT2D eigenvalue weighted by Crippen LogP contribution is 2.21. The fraction of sp³-hybridized carbons (Fsp3) is 0.444. The molecule has 1 aromatic carbocycles. The molecule has 1 aliphatic heterocycles. The number of carbonyl (C=O) groups excluding carboxylic acids is 1. The Morgan fingerprint density at radius 1 is 1.38 bits per heavy atom. The van der Waals surface area contributed by atoms with Gasteiger partial charge in [-0.15, -0.1) is 0 Å². The highest BCUT2D eigenvalue weighted by atomic mass is 16.5. The summed E-state index contributed by atoms with van der Waals surface area (Å²) in [6.07, 6.45) is 5.33. The van der Waals surface area contributed by atoms with Gasteiger partial charge in [0.2, 0.25) is 0 Å². The van der Waals surface area contributed by atoms with E-state index in [1.807, 2.05) is 49.8 Å². The lowest BCUT2D eigenvalue weighted by molar-refractivity contribution is -0.132. The largest absolute Gasteiger partial charge is 0.367 e. The molecule has 24 heavy (non-hydrogen) atoms. The van der Waals surface area contributed by atoms with Crippen molar-refractivity contribution in [3.8, 4) is 0 Å². The van der Waals surface area contributed by atoms with Crippen LogP contribution in [-0.4, -0.2) is 41.9 Å². The summed E-state index contributed by atoms with van der Waals surface area (Å²) in [5, 5.41) is 7.37. The number of ether oxygens (including phenoxy) is 1. The minimum absolute atomic E-state index is 0.0817. The van der Waals surface area contributed by atoms with Crippen molar-refractivity contribution < 1.29 is 9.53 Å². The summed E-state index contributed by atoms with van der Waals surface area (Å²) < 4.78 is 7.22. The summed E-state index contributed by atoms with van der Waals surface area (Å²) in [6.45, 7) is 1.78. The van der Waals surface area contributed by atoms with Gasteiger partial charge in [-0.05, 0) is 18.4 Å². The first-order valence-corrected chi connectivity index (χ1v) is 8.29. The fourth-order valence-corrected chi connectivity index (χ4v) is 3.20. The Bertz CT molecular complexity index is 671. The lowest BCUT2D eigenvalue weighted by Crippen LogP contribution is -2.49. The number of nitrogens with zero attached hydrogens (tertiary/aromatic N) is 3. The van der Waals surface area contributed by atoms with Crippen LogP contribution in [0.4, 0.5) is 5.69 Å². The van der Waals surface area contributed by atoms with Crippen molar-refractivity contribution in [3.05, 3.63) is 48.3 Å². The standard InChI is InChI=1S/C18H24N4O2/c1-21-13-16(11-19-21)22-10-6-9-15(12-22)20-18(23)17(24-2)14-7-4-3-5-8-14/h3-5,7-8,11,13,15,17H,6,9-10,12H2,1-2H3,(H,20,23). The maximum Gasteiger partial charge on any atom is 0.254 e. The van der Waals surface area contributed by atoms with E-state index < -0.39 is 6.10 Å². The van der Waals surface area contributed by atoms with E-state index in [0.717, 1.165) is 37.2 Å². The molecular formula is C18H24N4O2. The third-order valence-corrected chi connectivity index (χ3v) is 4.40. The normalized spacial score (nSPS) is 19.1. The summed E-state index contributed by atoms with van der Waals surface area (Å²) in [5.74, 6) is -0.0817. The van der Waals surface area contributed by atoms with E-state index in [4.69, 9.17) is 4.74 Å². The zero-order chi connectivity index (χ0) is 16.9. The van der Waals surface area contributed by atoms with Crippen molar-refractivity contribution in [2.75, 3.05) is 25.1 Å². The first kappa shape index (κ1) is 16.5. The van der Waals surface area contributed by atoms with Crippen LogP contribution in [0, 0.1) is 0 Å². The van der Waals surface area contributed by atoms with Crippen molar-refractivity contribution >= 4 is 11.6 Å². The Labute approximate surface area is 142 Å². The molecule has 1 saturated heterocycles. The van der Waals surface area contributed by atoms with Gasteiger partial charge in [-0.1, -0.05) is 30.3 Å². The highest BCUT2D eigenvalue weighted by molar-refractivity contribution is 5.82. The van der Waals surface area contributed by atoms with Crippen LogP contribution in [0.1, 0.15) is 24.5 Å². The third-order valence-electron chi connectivity index (χ3n) is 4.40. The van der Waals surface area contributed by atoms with Crippen LogP contribution in [0.3, 0.4) is 0 Å². The van der Waals surface area contributed by atoms with Gasteiger partial charge in [0.15, 0.2) is 6.10 Å². The number of hydrogen-bond acceptors (Lipinski definition) is 4. The van der Waals surface area contributed by atoms with Crippen molar-refractivity contribution in [3.63, 3.8) is 0 Å². The van der Waals surface area contributed by atoms with Gasteiger partial charge in [-0.25, -0.2) is 0 Å². The molecule has 0 spiro atoms. The molecular weight excluding hydrogens is 304 g/mol. The number of carbonyl (C=O) groups is 1. The number of hydrogen-bond donors (Lipinski definition) is 1. The molecule has 6 nitrogen and oxygen atoms in total. The van der Waals surface area contributed by atoms with Crippen molar-refractivity contribution in [2.45, 2.75) is 25.0 Å². The third kappa shape index (κ3) is 3.76. The molecule has 6 heteroatoms. The van der Waals surface area contributed by atoms with E-state index in [0.29, 0.717) is 0 Å². The SMILES string of the molecule is COC(C(=O)NC1CCCN(c2cnn(C)c2)C1)c1ccccc1. The molecule has 1 N–H and O–H groups in total. The van der Waals surface area contributed by atoms with Gasteiger partial charge in [-0.3, -0.25) is 9.48 Å². The summed E-state index contributed by atoms with van der Waals surface area (Å²) >= 11 is 0. The molecule has 2 aromatic rings. The molecule has 2 heterocycles. The predicted octanol–water partition coefficient (Wildman–Crippen LogP) is 1.89. The fourth-order valence-electron chi connectivity index (χ4n) is 3.20. The zero-order valence-electron chi connectivity index (χ0n) is 14.2. The molecule has 3 rings (SSSR count). The Morgan fingerprint density at radius 3 is 2.83 bits per heavy atom. The average molecular weight is 328 g/mol. The van der Waals surface area contributed by atoms with Gasteiger partial charge in [0.25, 0.3) is 5.91 Å². The topological polar surface area (TPSA) is 59.4 Å². The van der Waals surface area contributed by atoms with Gasteiger partial charge in [0, 0.05) is 39.5 Å². The van der Waals surface area contributed by atoms with Gasteiger partial charge in [-0.2, -0.15) is 5.10 Å². The molecule has 1 aliphatic rings. The Balaban J connectivity index is 1.63. The Kier molecular flexibility index (Phi) is 5.15. The number of aryl methyl sites for hydroxylation is 1. The van der Waals surface area contributed by atoms with Crippen molar-refractivity contribution in [1.29, 1.82) is 0 Å². The highest BCUT2D eigenvalue weighted by Gasteiger charge is 2.26. The summed E-state index contributed by atoms with van der Waals surface area (Å²) in [4.78, 5) is 14.9. The minimum Gasteiger partial charge on any atom is -0.367 e. The molecule has 0 bridgehead atoms. The van der Waals surface area contributed by atoms with E-state index >= 15 is 0 Å². The molecule has 2 atom stereocenters. The maximum absolute atomic E-state index is 12.6. The zero-order valence-corrected chi connectivity index (χ0v) is 14.2. The summed E-state index contributed by atoms with van der Waals surface area (Å²) in [6, 6.07) is 9.71. The van der Waals surface area contributed by atoms with E-state index in [1.54, 1.807) is 11.8 Å². The minimum atomic E-state index is -0.569. The second-order valence-corrected chi connectivity index (χ2v) is 6.19. The summed E-state index contributed by atoms with van der Waals surface area (Å²) in [7, 11) is 3.48. The molecule has 1 fully saturated rings. The lowest BCUT2D eigenvalue weighted by atomic mass is 10.0. The van der Waals surface area contributed by atoms with Crippen LogP contribution in [-0.2, 0) is 16.6 Å². The number of methoxy groups -OCH3 is 1. The predicted molar refractivity (Wildman–Crippen MR) is 92.8 cm³/mol. The molecule has 0 aliphatic carbocycles. The monoisotopic (exact) mass is 328 g/mol. The maximum atomic E-state index is 12.6. The molecule has 2 unspecified atom stereocenters. The van der Waals surface area contributed by atoms with Crippen LogP contribution in [0.15, 0.2) is 42.7 Å². The number of benzene rings is 1. The molecule has 128 valence electrons. The number of piperidine rings is 1. The van der Waals surface area contributed by atoms with Crippen LogP contribution in [0.25, 0.3) is 0 Å². The number of anilines is 1. The molecule has 0 saturated carbocycles. The van der Waals surface area contributed by atoms with Gasteiger partial charge in [0.1, 0.15) is 0 Å². The van der Waals surface area contributed by atoms with E-state index in [1.165, 1.54) is 0 Å². The molecule has 1 amide bonds.